The lowest BCUT2D eigenvalue weighted by Gasteiger charge is -2.39. The predicted octanol–water partition coefficient (Wildman–Crippen LogP) is 7.23. The SMILES string of the molecule is CCCCCC[N+](CCCC)(CCCCCCCCS)CCCCNCCC. The molecule has 0 saturated carbocycles. The minimum absolute atomic E-state index is 1.06. The Bertz CT molecular complexity index is 298. The minimum Gasteiger partial charge on any atom is -0.324 e. The number of quaternary nitrogens is 1. The van der Waals surface area contributed by atoms with Crippen LogP contribution in [0.4, 0.5) is 0 Å². The second kappa shape index (κ2) is 22.0. The van der Waals surface area contributed by atoms with Gasteiger partial charge in [0.15, 0.2) is 0 Å². The van der Waals surface area contributed by atoms with E-state index in [0.717, 1.165) is 5.75 Å². The van der Waals surface area contributed by atoms with Crippen molar-refractivity contribution in [3.05, 3.63) is 0 Å². The van der Waals surface area contributed by atoms with Gasteiger partial charge in [-0.15, -0.1) is 0 Å². The highest BCUT2D eigenvalue weighted by molar-refractivity contribution is 7.80. The first kappa shape index (κ1) is 28.3. The summed E-state index contributed by atoms with van der Waals surface area (Å²) in [5.74, 6) is 1.06. The molecule has 0 rings (SSSR count). The first-order valence-electron chi connectivity index (χ1n) is 12.9. The first-order chi connectivity index (χ1) is 13.7. The molecule has 0 aromatic carbocycles. The average molecular weight is 416 g/mol. The van der Waals surface area contributed by atoms with Crippen molar-refractivity contribution < 1.29 is 4.48 Å². The summed E-state index contributed by atoms with van der Waals surface area (Å²) < 4.78 is 1.42. The number of nitrogens with zero attached hydrogens (tertiary/aromatic N) is 1. The molecule has 0 aromatic rings. The van der Waals surface area contributed by atoms with Crippen molar-refractivity contribution in [2.24, 2.45) is 0 Å². The Morgan fingerprint density at radius 3 is 1.57 bits per heavy atom. The smallest absolute Gasteiger partial charge is 0.0787 e. The summed E-state index contributed by atoms with van der Waals surface area (Å²) >= 11 is 4.33. The molecule has 0 amide bonds. The van der Waals surface area contributed by atoms with E-state index < -0.39 is 0 Å². The standard InChI is InChI=1S/C25H54N2S/c1-4-7-9-15-22-27(21-8-5-2,24-17-14-20-26-19-6-3)23-16-12-10-11-13-18-25-28/h26H,4-25H2,1-3H3/p+1. The van der Waals surface area contributed by atoms with Crippen molar-refractivity contribution >= 4 is 12.6 Å². The van der Waals surface area contributed by atoms with E-state index in [-0.39, 0.29) is 0 Å². The van der Waals surface area contributed by atoms with E-state index in [1.165, 1.54) is 140 Å². The van der Waals surface area contributed by atoms with Crippen LogP contribution in [0.1, 0.15) is 117 Å². The molecule has 0 aliphatic carbocycles. The molecule has 0 spiro atoms. The van der Waals surface area contributed by atoms with Crippen LogP contribution in [0.15, 0.2) is 0 Å². The number of hydrogen-bond donors (Lipinski definition) is 2. The van der Waals surface area contributed by atoms with Gasteiger partial charge in [0.05, 0.1) is 26.2 Å². The van der Waals surface area contributed by atoms with Crippen LogP contribution in [0.3, 0.4) is 0 Å². The van der Waals surface area contributed by atoms with Crippen LogP contribution in [0, 0.1) is 0 Å². The second-order valence-corrected chi connectivity index (χ2v) is 9.40. The van der Waals surface area contributed by atoms with Crippen molar-refractivity contribution in [2.75, 3.05) is 45.0 Å². The maximum absolute atomic E-state index is 4.33. The van der Waals surface area contributed by atoms with Crippen LogP contribution < -0.4 is 5.32 Å². The number of unbranched alkanes of at least 4 members (excludes halogenated alkanes) is 10. The molecule has 0 heterocycles. The predicted molar refractivity (Wildman–Crippen MR) is 133 cm³/mol. The van der Waals surface area contributed by atoms with Crippen molar-refractivity contribution in [1.82, 2.24) is 5.32 Å². The lowest BCUT2D eigenvalue weighted by Crippen LogP contribution is -2.51. The number of thiol groups is 1. The van der Waals surface area contributed by atoms with E-state index in [1.54, 1.807) is 0 Å². The third kappa shape index (κ3) is 17.2. The van der Waals surface area contributed by atoms with Crippen LogP contribution in [-0.2, 0) is 0 Å². The highest BCUT2D eigenvalue weighted by Gasteiger charge is 2.25. The molecule has 0 bridgehead atoms. The Morgan fingerprint density at radius 2 is 1.00 bits per heavy atom. The van der Waals surface area contributed by atoms with Gasteiger partial charge in [0.1, 0.15) is 0 Å². The fourth-order valence-electron chi connectivity index (χ4n) is 4.30. The number of hydrogen-bond acceptors (Lipinski definition) is 2. The van der Waals surface area contributed by atoms with Crippen LogP contribution in [0.25, 0.3) is 0 Å². The maximum atomic E-state index is 4.33. The zero-order chi connectivity index (χ0) is 20.8. The highest BCUT2D eigenvalue weighted by Crippen LogP contribution is 2.18. The van der Waals surface area contributed by atoms with Crippen LogP contribution in [-0.4, -0.2) is 49.5 Å². The van der Waals surface area contributed by atoms with E-state index in [2.05, 4.69) is 38.7 Å². The second-order valence-electron chi connectivity index (χ2n) is 8.95. The summed E-state index contributed by atoms with van der Waals surface area (Å²) in [7, 11) is 0. The summed E-state index contributed by atoms with van der Waals surface area (Å²) in [6.07, 6.45) is 20.8. The quantitative estimate of drug-likeness (QED) is 0.102. The average Bonchev–Trinajstić information content (AvgIpc) is 2.71. The molecule has 0 aliphatic rings. The molecule has 0 aliphatic heterocycles. The van der Waals surface area contributed by atoms with Crippen LogP contribution in [0.5, 0.6) is 0 Å². The lowest BCUT2D eigenvalue weighted by atomic mass is 10.1. The Hall–Kier alpha value is 0.270. The molecule has 1 N–H and O–H groups in total. The van der Waals surface area contributed by atoms with Gasteiger partial charge in [-0.3, -0.25) is 0 Å². The molecule has 1 unspecified atom stereocenters. The molecule has 1 atom stereocenters. The van der Waals surface area contributed by atoms with Gasteiger partial charge < -0.3 is 9.80 Å². The molecule has 0 fully saturated rings. The maximum Gasteiger partial charge on any atom is 0.0787 e. The van der Waals surface area contributed by atoms with Gasteiger partial charge in [-0.05, 0) is 76.6 Å². The minimum atomic E-state index is 1.06. The van der Waals surface area contributed by atoms with E-state index >= 15 is 0 Å². The molecule has 0 radical (unpaired) electrons. The Balaban J connectivity index is 4.47. The van der Waals surface area contributed by atoms with E-state index in [9.17, 15) is 0 Å². The molecule has 0 aromatic heterocycles. The fraction of sp³-hybridized carbons (Fsp3) is 1.00. The molecular weight excluding hydrogens is 360 g/mol. The van der Waals surface area contributed by atoms with Gasteiger partial charge in [0.2, 0.25) is 0 Å². The normalized spacial score (nSPS) is 13.7. The fourth-order valence-corrected chi connectivity index (χ4v) is 4.53. The van der Waals surface area contributed by atoms with Gasteiger partial charge in [-0.25, -0.2) is 0 Å². The van der Waals surface area contributed by atoms with Crippen LogP contribution in [0.2, 0.25) is 0 Å². The third-order valence-corrected chi connectivity index (χ3v) is 6.49. The summed E-state index contributed by atoms with van der Waals surface area (Å²) in [6.45, 7) is 15.0. The van der Waals surface area contributed by atoms with Gasteiger partial charge in [0, 0.05) is 0 Å². The van der Waals surface area contributed by atoms with Crippen molar-refractivity contribution in [3.63, 3.8) is 0 Å². The Labute approximate surface area is 184 Å². The van der Waals surface area contributed by atoms with Crippen molar-refractivity contribution in [3.8, 4) is 0 Å². The molecule has 170 valence electrons. The summed E-state index contributed by atoms with van der Waals surface area (Å²) in [5.41, 5.74) is 0. The summed E-state index contributed by atoms with van der Waals surface area (Å²) in [4.78, 5) is 0. The lowest BCUT2D eigenvalue weighted by molar-refractivity contribution is -0.929. The topological polar surface area (TPSA) is 12.0 Å². The molecule has 0 saturated heterocycles. The first-order valence-corrected chi connectivity index (χ1v) is 13.5. The van der Waals surface area contributed by atoms with Gasteiger partial charge in [-0.2, -0.15) is 12.6 Å². The van der Waals surface area contributed by atoms with Gasteiger partial charge in [-0.1, -0.05) is 59.3 Å². The molecular formula is C25H55N2S+. The summed E-state index contributed by atoms with van der Waals surface area (Å²) in [5, 5.41) is 3.59. The largest absolute Gasteiger partial charge is 0.324 e. The van der Waals surface area contributed by atoms with E-state index in [4.69, 9.17) is 0 Å². The van der Waals surface area contributed by atoms with Gasteiger partial charge in [0.25, 0.3) is 0 Å². The Morgan fingerprint density at radius 1 is 0.500 bits per heavy atom. The zero-order valence-corrected chi connectivity index (χ0v) is 20.8. The zero-order valence-electron chi connectivity index (χ0n) is 20.0. The molecule has 3 heteroatoms. The number of rotatable bonds is 23. The van der Waals surface area contributed by atoms with Gasteiger partial charge >= 0.3 is 0 Å². The van der Waals surface area contributed by atoms with E-state index in [1.807, 2.05) is 0 Å². The molecule has 28 heavy (non-hydrogen) atoms. The molecule has 2 nitrogen and oxygen atoms in total. The third-order valence-electron chi connectivity index (χ3n) is 6.18. The number of nitrogens with one attached hydrogen (secondary N) is 1. The van der Waals surface area contributed by atoms with Crippen molar-refractivity contribution in [1.29, 1.82) is 0 Å². The van der Waals surface area contributed by atoms with Crippen LogP contribution >= 0.6 is 12.6 Å². The van der Waals surface area contributed by atoms with Crippen molar-refractivity contribution in [2.45, 2.75) is 117 Å². The monoisotopic (exact) mass is 415 g/mol. The van der Waals surface area contributed by atoms with E-state index in [0.29, 0.717) is 0 Å². The Kier molecular flexibility index (Phi) is 22.2. The summed E-state index contributed by atoms with van der Waals surface area (Å²) in [6, 6.07) is 0. The highest BCUT2D eigenvalue weighted by atomic mass is 32.1.